The molecule has 1 aliphatic rings. The van der Waals surface area contributed by atoms with Gasteiger partial charge in [0.2, 0.25) is 11.8 Å². The fourth-order valence-electron chi connectivity index (χ4n) is 4.21. The highest BCUT2D eigenvalue weighted by Gasteiger charge is 2.27. The van der Waals surface area contributed by atoms with Crippen LogP contribution < -0.4 is 15.6 Å². The molecule has 4 heterocycles. The summed E-state index contributed by atoms with van der Waals surface area (Å²) in [4.78, 5) is 20.3. The van der Waals surface area contributed by atoms with Crippen LogP contribution in [0.4, 0.5) is 5.82 Å². The molecule has 0 unspecified atom stereocenters. The van der Waals surface area contributed by atoms with Crippen LogP contribution in [0.25, 0.3) is 22.5 Å². The Morgan fingerprint density at radius 1 is 1.19 bits per heavy atom. The average molecular weight is 435 g/mol. The van der Waals surface area contributed by atoms with Crippen LogP contribution in [0.2, 0.25) is 0 Å². The number of anilines is 1. The van der Waals surface area contributed by atoms with Crippen molar-refractivity contribution in [1.29, 1.82) is 0 Å². The van der Waals surface area contributed by atoms with Crippen molar-refractivity contribution in [2.75, 3.05) is 11.9 Å². The lowest BCUT2D eigenvalue weighted by Gasteiger charge is -2.29. The SMILES string of the molecule is CCNc1cc2c(cn1)c(-c1ncco1)nn2C1CCC(Oc2ccc(=O)n(C)n2)CC1. The summed E-state index contributed by atoms with van der Waals surface area (Å²) >= 11 is 0. The number of hydrogen-bond acceptors (Lipinski definition) is 8. The van der Waals surface area contributed by atoms with Crippen LogP contribution in [0.15, 0.2) is 46.1 Å². The third kappa shape index (κ3) is 3.83. The van der Waals surface area contributed by atoms with E-state index >= 15 is 0 Å². The van der Waals surface area contributed by atoms with Gasteiger partial charge >= 0.3 is 0 Å². The summed E-state index contributed by atoms with van der Waals surface area (Å²) in [5.74, 6) is 1.79. The normalized spacial score (nSPS) is 18.7. The fraction of sp³-hybridized carbons (Fsp3) is 0.409. The molecule has 166 valence electrons. The van der Waals surface area contributed by atoms with Crippen LogP contribution in [-0.2, 0) is 7.05 Å². The third-order valence-corrected chi connectivity index (χ3v) is 5.80. The molecular weight excluding hydrogens is 410 g/mol. The summed E-state index contributed by atoms with van der Waals surface area (Å²) in [5.41, 5.74) is 1.56. The van der Waals surface area contributed by atoms with Gasteiger partial charge in [0.05, 0.1) is 23.1 Å². The van der Waals surface area contributed by atoms with Crippen molar-refractivity contribution in [3.05, 3.63) is 47.2 Å². The zero-order valence-corrected chi connectivity index (χ0v) is 18.1. The summed E-state index contributed by atoms with van der Waals surface area (Å²) in [5, 5.41) is 13.3. The molecule has 5 rings (SSSR count). The number of oxazole rings is 1. The van der Waals surface area contributed by atoms with Crippen molar-refractivity contribution >= 4 is 16.7 Å². The Labute approximate surface area is 184 Å². The molecule has 4 aromatic rings. The van der Waals surface area contributed by atoms with Gasteiger partial charge in [0.15, 0.2) is 5.69 Å². The lowest BCUT2D eigenvalue weighted by molar-refractivity contribution is 0.123. The Bertz CT molecular complexity index is 1270. The molecule has 32 heavy (non-hydrogen) atoms. The van der Waals surface area contributed by atoms with Gasteiger partial charge in [0.25, 0.3) is 5.56 Å². The zero-order valence-electron chi connectivity index (χ0n) is 18.1. The first-order chi connectivity index (χ1) is 15.6. The maximum absolute atomic E-state index is 11.5. The predicted octanol–water partition coefficient (Wildman–Crippen LogP) is 3.17. The van der Waals surface area contributed by atoms with Gasteiger partial charge in [-0.05, 0) is 32.6 Å². The predicted molar refractivity (Wildman–Crippen MR) is 119 cm³/mol. The summed E-state index contributed by atoms with van der Waals surface area (Å²) < 4.78 is 14.9. The van der Waals surface area contributed by atoms with Crippen molar-refractivity contribution in [2.24, 2.45) is 7.05 Å². The molecule has 10 heteroatoms. The van der Waals surface area contributed by atoms with Crippen LogP contribution in [0, 0.1) is 0 Å². The topological polar surface area (TPSA) is 113 Å². The number of aryl methyl sites for hydroxylation is 1. The molecule has 1 fully saturated rings. The Morgan fingerprint density at radius 2 is 2.03 bits per heavy atom. The van der Waals surface area contributed by atoms with Crippen LogP contribution in [0.5, 0.6) is 5.88 Å². The molecule has 1 N–H and O–H groups in total. The Morgan fingerprint density at radius 3 is 2.75 bits per heavy atom. The smallest absolute Gasteiger partial charge is 0.266 e. The van der Waals surface area contributed by atoms with Gasteiger partial charge in [-0.1, -0.05) is 0 Å². The standard InChI is InChI=1S/C22H25N7O3/c1-3-23-18-12-17-16(13-25-18)21(22-24-10-11-31-22)27-29(17)14-4-6-15(7-5-14)32-19-8-9-20(30)28(2)26-19/h8-15H,3-7H2,1-2H3,(H,23,25). The van der Waals surface area contributed by atoms with Crippen molar-refractivity contribution in [2.45, 2.75) is 44.8 Å². The van der Waals surface area contributed by atoms with Crippen LogP contribution >= 0.6 is 0 Å². The molecule has 0 amide bonds. The Kier molecular flexibility index (Phi) is 5.34. The summed E-state index contributed by atoms with van der Waals surface area (Å²) in [6.07, 6.45) is 8.63. The van der Waals surface area contributed by atoms with E-state index in [1.807, 2.05) is 19.2 Å². The van der Waals surface area contributed by atoms with Gasteiger partial charge in [-0.2, -0.15) is 5.10 Å². The van der Waals surface area contributed by atoms with Gasteiger partial charge in [0, 0.05) is 38.0 Å². The minimum absolute atomic E-state index is 0.0586. The molecule has 0 spiro atoms. The fourth-order valence-corrected chi connectivity index (χ4v) is 4.21. The van der Waals surface area contributed by atoms with Crippen LogP contribution in [0.3, 0.4) is 0 Å². The first kappa shape index (κ1) is 20.2. The number of pyridine rings is 1. The van der Waals surface area contributed by atoms with E-state index < -0.39 is 0 Å². The maximum atomic E-state index is 11.5. The minimum Gasteiger partial charge on any atom is -0.473 e. The van der Waals surface area contributed by atoms with E-state index in [-0.39, 0.29) is 17.7 Å². The van der Waals surface area contributed by atoms with E-state index in [0.29, 0.717) is 17.5 Å². The first-order valence-electron chi connectivity index (χ1n) is 10.9. The largest absolute Gasteiger partial charge is 0.473 e. The molecule has 0 saturated heterocycles. The number of nitrogens with one attached hydrogen (secondary N) is 1. The maximum Gasteiger partial charge on any atom is 0.266 e. The first-order valence-corrected chi connectivity index (χ1v) is 10.9. The lowest BCUT2D eigenvalue weighted by atomic mass is 9.93. The average Bonchev–Trinajstić information content (AvgIpc) is 3.45. The number of ether oxygens (including phenoxy) is 1. The van der Waals surface area contributed by atoms with E-state index in [2.05, 4.69) is 25.1 Å². The Hall–Kier alpha value is -3.69. The van der Waals surface area contributed by atoms with E-state index in [4.69, 9.17) is 14.3 Å². The molecule has 0 aliphatic heterocycles. The van der Waals surface area contributed by atoms with Crippen molar-refractivity contribution < 1.29 is 9.15 Å². The summed E-state index contributed by atoms with van der Waals surface area (Å²) in [6, 6.07) is 5.37. The Balaban J connectivity index is 1.39. The number of nitrogens with zero attached hydrogens (tertiary/aromatic N) is 6. The zero-order chi connectivity index (χ0) is 22.1. The molecule has 0 radical (unpaired) electrons. The lowest BCUT2D eigenvalue weighted by Crippen LogP contribution is -2.27. The number of aromatic nitrogens is 6. The van der Waals surface area contributed by atoms with Gasteiger partial charge in [-0.25, -0.2) is 14.6 Å². The second-order valence-corrected chi connectivity index (χ2v) is 7.93. The molecule has 1 aliphatic carbocycles. The van der Waals surface area contributed by atoms with E-state index in [9.17, 15) is 4.79 Å². The number of hydrogen-bond donors (Lipinski definition) is 1. The molecule has 0 aromatic carbocycles. The quantitative estimate of drug-likeness (QED) is 0.491. The molecule has 10 nitrogen and oxygen atoms in total. The molecular formula is C22H25N7O3. The van der Waals surface area contributed by atoms with Gasteiger partial charge in [-0.3, -0.25) is 9.48 Å². The highest BCUT2D eigenvalue weighted by Crippen LogP contribution is 2.36. The van der Waals surface area contributed by atoms with Gasteiger partial charge in [0.1, 0.15) is 18.2 Å². The number of fused-ring (bicyclic) bond motifs is 1. The summed E-state index contributed by atoms with van der Waals surface area (Å²) in [7, 11) is 1.62. The van der Waals surface area contributed by atoms with Gasteiger partial charge in [-0.15, -0.1) is 5.10 Å². The molecule has 0 atom stereocenters. The van der Waals surface area contributed by atoms with Gasteiger partial charge < -0.3 is 14.5 Å². The van der Waals surface area contributed by atoms with Crippen LogP contribution in [-0.4, -0.2) is 42.2 Å². The highest BCUT2D eigenvalue weighted by molar-refractivity contribution is 5.92. The van der Waals surface area contributed by atoms with E-state index in [1.165, 1.54) is 10.7 Å². The van der Waals surface area contributed by atoms with Crippen molar-refractivity contribution in [3.63, 3.8) is 0 Å². The van der Waals surface area contributed by atoms with Crippen molar-refractivity contribution in [3.8, 4) is 17.5 Å². The highest BCUT2D eigenvalue weighted by atomic mass is 16.5. The molecule has 0 bridgehead atoms. The second kappa shape index (κ2) is 8.45. The molecule has 4 aromatic heterocycles. The van der Waals surface area contributed by atoms with Crippen LogP contribution in [0.1, 0.15) is 38.6 Å². The second-order valence-electron chi connectivity index (χ2n) is 7.93. The monoisotopic (exact) mass is 435 g/mol. The van der Waals surface area contributed by atoms with E-state index in [0.717, 1.165) is 48.9 Å². The van der Waals surface area contributed by atoms with Crippen molar-refractivity contribution in [1.82, 2.24) is 29.5 Å². The van der Waals surface area contributed by atoms with E-state index in [1.54, 1.807) is 25.6 Å². The summed E-state index contributed by atoms with van der Waals surface area (Å²) in [6.45, 7) is 2.84. The number of rotatable bonds is 6. The minimum atomic E-state index is -0.153. The third-order valence-electron chi connectivity index (χ3n) is 5.80. The molecule has 1 saturated carbocycles.